The van der Waals surface area contributed by atoms with Crippen LogP contribution in [0.2, 0.25) is 35.2 Å². The first-order chi connectivity index (χ1) is 62.2. The first-order valence-electron chi connectivity index (χ1n) is 38.8. The number of aromatic amines is 5. The molecule has 0 aliphatic rings. The van der Waals surface area contributed by atoms with Crippen molar-refractivity contribution in [1.29, 1.82) is 15.8 Å². The van der Waals surface area contributed by atoms with Gasteiger partial charge in [0.05, 0.1) is 122 Å². The molecule has 0 spiro atoms. The number of nitrogens with one attached hydrogen (secondary N) is 8. The SMILES string of the molecule is C.C.C.CC(=O)C(C)(C)c1ccc([N+](=O)[O-])c(N)c1C#N.CC(=O)C(C)C.Cc1[nH]c(=O)c2c(N)c(N)ccc2c1C.Cc1[nH]c(=O)c2c(N)c(NC(=S)Nc3c(Cl)cccc3Cl)ccc2c1C.Cc1[nH]c(=O)c2c(N)c([N+](=O)[O-])ccc2c1C.Cc1[nH]c(=O)c2c(ccc3[nH]c(Nc4c(Cl)cccc4Cl)nc32)c1C.N#Cc1c(Cl)ccc([N+](=O)[O-])c1Cl.N#Cc1c(Cl)ccc([N+](=O)[O-])c1N. The van der Waals surface area contributed by atoms with Gasteiger partial charge in [-0.15, -0.1) is 0 Å². The van der Waals surface area contributed by atoms with Crippen molar-refractivity contribution in [2.45, 2.75) is 125 Å². The Balaban J connectivity index is 0.000000332. The van der Waals surface area contributed by atoms with Crippen LogP contribution in [0, 0.1) is 136 Å². The first kappa shape index (κ1) is 113. The van der Waals surface area contributed by atoms with Gasteiger partial charge in [0.15, 0.2) is 5.11 Å². The van der Waals surface area contributed by atoms with E-state index in [1.54, 1.807) is 94.4 Å². The summed E-state index contributed by atoms with van der Waals surface area (Å²) in [6, 6.07) is 37.0. The highest BCUT2D eigenvalue weighted by Gasteiger charge is 2.33. The van der Waals surface area contributed by atoms with Gasteiger partial charge in [-0.1, -0.05) is 148 Å². The van der Waals surface area contributed by atoms with E-state index in [1.165, 1.54) is 43.3 Å². The average molecular weight is 2010 g/mol. The molecule has 5 heterocycles. The van der Waals surface area contributed by atoms with Crippen LogP contribution < -0.4 is 72.6 Å². The number of anilines is 10. The van der Waals surface area contributed by atoms with E-state index in [0.717, 1.165) is 72.8 Å². The monoisotopic (exact) mass is 2010 g/mol. The van der Waals surface area contributed by atoms with E-state index in [0.29, 0.717) is 92.8 Å². The van der Waals surface area contributed by atoms with Crippen LogP contribution in [0.1, 0.15) is 131 Å². The number of ketones is 2. The van der Waals surface area contributed by atoms with Gasteiger partial charge in [-0.25, -0.2) is 4.98 Å². The molecule has 0 unspecified atom stereocenters. The number of nitro groups is 4. The molecule has 0 atom stereocenters. The maximum Gasteiger partial charge on any atom is 0.293 e. The molecule has 0 fully saturated rings. The summed E-state index contributed by atoms with van der Waals surface area (Å²) < 4.78 is 0. The average Bonchev–Trinajstić information content (AvgIpc) is 1.62. The van der Waals surface area contributed by atoms with Gasteiger partial charge < -0.3 is 75.3 Å². The standard InChI is InChI=1S/C18H16Cl2N4OS.C18H14Cl2N4O.C12H13N3O3.C11H11N3O3.C11H13N3O.C7H2Cl2N2O2.C7H4ClN3O2.C5H10O.3CH4/c1-8-9(2)22-17(25)14-10(8)6-7-13(15(14)21)23-18(26)24-16-11(19)4-3-5-12(16)20;1-8-9(2)21-17(25)14-10(8)6-7-13-16(14)24-18(22-13)23-15-11(19)4-3-5-12(15)20;1-7(16)12(2,3)9-4-5-10(15(17)18)11(14)8(9)6-13;1-5-6(2)13-11(15)9-7(5)3-4-8(10(9)12)14(16)17;1-5-6(2)14-11(15)9-7(5)3-4-8(12)10(9)13;8-5-1-2-6(11(12)13)7(9)4(5)3-10;8-5-1-2-6(11(12)13)7(10)4(5)3-9;1-4(2)5(3)6;;;/h3-7H,21H2,1-2H3,(H,22,25)(H2,23,24,26);3-7H,1-2H3,(H,21,25)(H2,22,23,24);4-5H,14H2,1-3H3;3-4H,12H2,1-2H3,(H,13,15);3-4H,12-13H2,1-2H3,(H,14,15);1-2H;1-2H,10H2;4H,1-3H3;3*1H4. The molecular weight excluding hydrogens is 1920 g/mol. The van der Waals surface area contributed by atoms with Crippen LogP contribution in [0.5, 0.6) is 0 Å². The van der Waals surface area contributed by atoms with Crippen molar-refractivity contribution in [3.8, 4) is 18.2 Å². The molecule has 0 aliphatic heterocycles. The Morgan fingerprint density at radius 2 is 0.787 bits per heavy atom. The third-order valence-corrected chi connectivity index (χ3v) is 23.5. The highest BCUT2D eigenvalue weighted by atomic mass is 35.5. The zero-order valence-corrected chi connectivity index (χ0v) is 79.0. The summed E-state index contributed by atoms with van der Waals surface area (Å²) >= 11 is 46.7. The molecular formula is C92H95Cl7N22O14S. The topological polar surface area (TPSA) is 630 Å². The van der Waals surface area contributed by atoms with Gasteiger partial charge in [-0.05, 0) is 211 Å². The lowest BCUT2D eigenvalue weighted by atomic mass is 9.78. The predicted molar refractivity (Wildman–Crippen MR) is 553 cm³/mol. The first-order valence-corrected chi connectivity index (χ1v) is 41.8. The smallest absolute Gasteiger partial charge is 0.293 e. The van der Waals surface area contributed by atoms with Gasteiger partial charge in [0, 0.05) is 58.4 Å². The van der Waals surface area contributed by atoms with Crippen molar-refractivity contribution >= 4 is 244 Å². The molecule has 712 valence electrons. The number of nitrogens with two attached hydrogens (primary N) is 6. The van der Waals surface area contributed by atoms with E-state index in [9.17, 15) is 69.2 Å². The number of carbonyl (C=O) groups excluding carboxylic acids is 2. The second-order valence-electron chi connectivity index (χ2n) is 29.9. The van der Waals surface area contributed by atoms with E-state index in [2.05, 4.69) is 45.9 Å². The number of pyridine rings is 4. The van der Waals surface area contributed by atoms with Crippen molar-refractivity contribution in [2.24, 2.45) is 5.92 Å². The Morgan fingerprint density at radius 3 is 1.21 bits per heavy atom. The number of nitro benzene ring substituents is 4. The van der Waals surface area contributed by atoms with Crippen LogP contribution in [0.3, 0.4) is 0 Å². The molecule has 0 bridgehead atoms. The second-order valence-corrected chi connectivity index (χ2v) is 33.1. The fourth-order valence-corrected chi connectivity index (χ4v) is 14.4. The number of nitriles is 3. The van der Waals surface area contributed by atoms with E-state index in [1.807, 2.05) is 92.6 Å². The molecule has 0 saturated carbocycles. The summed E-state index contributed by atoms with van der Waals surface area (Å²) in [7, 11) is 0. The highest BCUT2D eigenvalue weighted by Crippen LogP contribution is 2.40. The van der Waals surface area contributed by atoms with Crippen molar-refractivity contribution in [3.05, 3.63) is 306 Å². The Bertz CT molecular complexity index is 7390. The molecule has 9 aromatic carbocycles. The number of carbonyl (C=O) groups is 2. The highest BCUT2D eigenvalue weighted by molar-refractivity contribution is 7.80. The number of aromatic nitrogens is 6. The van der Waals surface area contributed by atoms with Crippen molar-refractivity contribution < 1.29 is 29.3 Å². The number of rotatable bonds is 11. The molecule has 0 radical (unpaired) electrons. The lowest BCUT2D eigenvalue weighted by Crippen LogP contribution is -2.28. The number of hydrogen-bond acceptors (Lipinski definition) is 26. The Hall–Kier alpha value is -15.0. The number of benzene rings is 9. The summed E-state index contributed by atoms with van der Waals surface area (Å²) in [6.07, 6.45) is 0. The Kier molecular flexibility index (Phi) is 40.1. The van der Waals surface area contributed by atoms with Crippen LogP contribution in [0.25, 0.3) is 54.1 Å². The summed E-state index contributed by atoms with van der Waals surface area (Å²) in [5, 5.41) is 84.5. The number of nitrogen functional groups attached to an aromatic ring is 6. The molecule has 5 aromatic heterocycles. The summed E-state index contributed by atoms with van der Waals surface area (Å²) in [5.74, 6) is 0.794. The number of fused-ring (bicyclic) bond motifs is 6. The van der Waals surface area contributed by atoms with Crippen molar-refractivity contribution in [3.63, 3.8) is 0 Å². The minimum Gasteiger partial charge on any atom is -0.397 e. The lowest BCUT2D eigenvalue weighted by Gasteiger charge is -2.23. The number of para-hydroxylation sites is 2. The maximum absolute atomic E-state index is 12.5. The van der Waals surface area contributed by atoms with Gasteiger partial charge in [0.1, 0.15) is 62.9 Å². The van der Waals surface area contributed by atoms with Crippen molar-refractivity contribution in [1.82, 2.24) is 29.9 Å². The van der Waals surface area contributed by atoms with E-state index >= 15 is 0 Å². The van der Waals surface area contributed by atoms with E-state index in [-0.39, 0.29) is 139 Å². The Morgan fingerprint density at radius 1 is 0.441 bits per heavy atom. The molecule has 0 saturated heterocycles. The fraction of sp³-hybridized carbons (Fsp3) is 0.207. The maximum atomic E-state index is 12.5. The zero-order chi connectivity index (χ0) is 99.9. The largest absolute Gasteiger partial charge is 0.397 e. The number of halogens is 7. The lowest BCUT2D eigenvalue weighted by molar-refractivity contribution is -0.384. The summed E-state index contributed by atoms with van der Waals surface area (Å²) in [6.45, 7) is 25.2. The minimum atomic E-state index is -0.908. The quantitative estimate of drug-likeness (QED) is 0.0247. The van der Waals surface area contributed by atoms with Crippen LogP contribution in [0.15, 0.2) is 141 Å². The minimum absolute atomic E-state index is 0. The normalized spacial score (nSPS) is 10.3. The van der Waals surface area contributed by atoms with Crippen molar-refractivity contribution in [2.75, 3.05) is 50.4 Å². The number of H-pyrrole nitrogens is 5. The number of hydrogen-bond donors (Lipinski definition) is 14. The van der Waals surface area contributed by atoms with Gasteiger partial charge in [-0.2, -0.15) is 15.8 Å². The number of imidazole rings is 1. The molecule has 136 heavy (non-hydrogen) atoms. The number of nitrogens with zero attached hydrogens (tertiary/aromatic N) is 8. The molecule has 36 nitrogen and oxygen atoms in total. The molecule has 14 rings (SSSR count). The van der Waals surface area contributed by atoms with Gasteiger partial charge in [0.25, 0.3) is 45.0 Å². The van der Waals surface area contributed by atoms with E-state index in [4.69, 9.17) is 144 Å². The van der Waals surface area contributed by atoms with Gasteiger partial charge in [0.2, 0.25) is 5.95 Å². The number of thiocarbonyl (C=S) groups is 1. The van der Waals surface area contributed by atoms with Crippen LogP contribution in [-0.4, -0.2) is 66.3 Å². The summed E-state index contributed by atoms with van der Waals surface area (Å²) in [4.78, 5) is 128. The third kappa shape index (κ3) is 25.7. The van der Waals surface area contributed by atoms with Crippen LogP contribution in [0.4, 0.5) is 79.9 Å². The van der Waals surface area contributed by atoms with Crippen LogP contribution >= 0.6 is 93.4 Å². The predicted octanol–water partition coefficient (Wildman–Crippen LogP) is 22.4. The molecule has 14 aromatic rings. The Labute approximate surface area is 818 Å². The van der Waals surface area contributed by atoms with E-state index < -0.39 is 30.7 Å². The second kappa shape index (κ2) is 48.1. The molecule has 0 aliphatic carbocycles. The fourth-order valence-electron chi connectivity index (χ4n) is 12.5. The summed E-state index contributed by atoms with van der Waals surface area (Å²) in [5.41, 5.74) is 42.2. The van der Waals surface area contributed by atoms with Crippen LogP contribution in [-0.2, 0) is 15.0 Å². The zero-order valence-electron chi connectivity index (χ0n) is 72.9. The molecule has 20 N–H and O–H groups in total. The molecule has 0 amide bonds. The molecule has 44 heteroatoms. The van der Waals surface area contributed by atoms with Gasteiger partial charge >= 0.3 is 0 Å². The van der Waals surface area contributed by atoms with Gasteiger partial charge in [-0.3, -0.25) is 69.2 Å². The number of Topliss-reactive ketones (excluding diaryl/α,β-unsaturated/α-hetero) is 2. The third-order valence-electron chi connectivity index (χ3n) is 21.0. The number of aryl methyl sites for hydroxylation is 8.